The van der Waals surface area contributed by atoms with Gasteiger partial charge in [-0.2, -0.15) is 0 Å². The highest BCUT2D eigenvalue weighted by molar-refractivity contribution is 6.32. The number of hydrogen-bond donors (Lipinski definition) is 1. The standard InChI is InChI=1S/C16H21ClO4/c1-16(2,9-15(18)19)11-5-6-14(13(17)8-11)21-12-4-3-7-20-10-12/h5-6,8,12H,3-4,7,9-10H2,1-2H3,(H,18,19). The zero-order chi connectivity index (χ0) is 15.5. The molecule has 0 saturated carbocycles. The van der Waals surface area contributed by atoms with Gasteiger partial charge in [0.15, 0.2) is 0 Å². The molecule has 0 radical (unpaired) electrons. The first-order chi connectivity index (χ1) is 9.88. The molecule has 1 heterocycles. The molecule has 1 aliphatic heterocycles. The summed E-state index contributed by atoms with van der Waals surface area (Å²) in [6.07, 6.45) is 2.04. The van der Waals surface area contributed by atoms with Crippen molar-refractivity contribution in [1.82, 2.24) is 0 Å². The van der Waals surface area contributed by atoms with E-state index in [1.807, 2.05) is 26.0 Å². The van der Waals surface area contributed by atoms with Crippen molar-refractivity contribution in [2.75, 3.05) is 13.2 Å². The number of halogens is 1. The number of ether oxygens (including phenoxy) is 2. The summed E-state index contributed by atoms with van der Waals surface area (Å²) in [5, 5.41) is 9.49. The van der Waals surface area contributed by atoms with E-state index in [9.17, 15) is 4.79 Å². The molecule has 1 fully saturated rings. The Bertz CT molecular complexity index is 507. The molecule has 2 rings (SSSR count). The van der Waals surface area contributed by atoms with Crippen molar-refractivity contribution in [3.8, 4) is 5.75 Å². The number of hydrogen-bond acceptors (Lipinski definition) is 3. The second-order valence-corrected chi connectivity index (χ2v) is 6.46. The minimum atomic E-state index is -0.823. The van der Waals surface area contributed by atoms with Crippen LogP contribution in [0.15, 0.2) is 18.2 Å². The van der Waals surface area contributed by atoms with Crippen molar-refractivity contribution in [3.05, 3.63) is 28.8 Å². The molecular formula is C16H21ClO4. The maximum atomic E-state index is 10.9. The van der Waals surface area contributed by atoms with Crippen molar-refractivity contribution in [3.63, 3.8) is 0 Å². The van der Waals surface area contributed by atoms with Gasteiger partial charge in [-0.05, 0) is 30.5 Å². The van der Waals surface area contributed by atoms with Crippen LogP contribution in [0.1, 0.15) is 38.7 Å². The van der Waals surface area contributed by atoms with Crippen molar-refractivity contribution in [2.24, 2.45) is 0 Å². The molecule has 1 atom stereocenters. The van der Waals surface area contributed by atoms with Gasteiger partial charge in [-0.3, -0.25) is 4.79 Å². The van der Waals surface area contributed by atoms with E-state index in [2.05, 4.69) is 0 Å². The zero-order valence-electron chi connectivity index (χ0n) is 12.4. The fraction of sp³-hybridized carbons (Fsp3) is 0.562. The van der Waals surface area contributed by atoms with Crippen molar-refractivity contribution in [1.29, 1.82) is 0 Å². The first-order valence-corrected chi connectivity index (χ1v) is 7.52. The highest BCUT2D eigenvalue weighted by atomic mass is 35.5. The predicted molar refractivity (Wildman–Crippen MR) is 81.2 cm³/mol. The first-order valence-electron chi connectivity index (χ1n) is 7.15. The molecular weight excluding hydrogens is 292 g/mol. The molecule has 0 bridgehead atoms. The van der Waals surface area contributed by atoms with Crippen molar-refractivity contribution < 1.29 is 19.4 Å². The molecule has 0 aromatic heterocycles. The van der Waals surface area contributed by atoms with Crippen LogP contribution < -0.4 is 4.74 Å². The molecule has 1 N–H and O–H groups in total. The maximum Gasteiger partial charge on any atom is 0.304 e. The van der Waals surface area contributed by atoms with Gasteiger partial charge in [0.05, 0.1) is 18.1 Å². The van der Waals surface area contributed by atoms with Gasteiger partial charge < -0.3 is 14.6 Å². The van der Waals surface area contributed by atoms with Gasteiger partial charge in [0, 0.05) is 12.0 Å². The van der Waals surface area contributed by atoms with Crippen LogP contribution in [0, 0.1) is 0 Å². The quantitative estimate of drug-likeness (QED) is 0.901. The van der Waals surface area contributed by atoms with E-state index >= 15 is 0 Å². The van der Waals surface area contributed by atoms with Crippen molar-refractivity contribution in [2.45, 2.75) is 44.6 Å². The number of carbonyl (C=O) groups is 1. The van der Waals surface area contributed by atoms with Gasteiger partial charge in [-0.1, -0.05) is 31.5 Å². The van der Waals surface area contributed by atoms with E-state index in [-0.39, 0.29) is 12.5 Å². The van der Waals surface area contributed by atoms with E-state index in [0.717, 1.165) is 25.0 Å². The third-order valence-electron chi connectivity index (χ3n) is 3.72. The average Bonchev–Trinajstić information content (AvgIpc) is 2.40. The number of benzene rings is 1. The van der Waals surface area contributed by atoms with Crippen LogP contribution in [-0.2, 0) is 14.9 Å². The average molecular weight is 313 g/mol. The number of aliphatic carboxylic acids is 1. The molecule has 116 valence electrons. The largest absolute Gasteiger partial charge is 0.486 e. The number of carboxylic acids is 1. The Morgan fingerprint density at radius 1 is 1.52 bits per heavy atom. The summed E-state index contributed by atoms with van der Waals surface area (Å²) in [6.45, 7) is 5.16. The molecule has 1 saturated heterocycles. The second kappa shape index (κ2) is 6.67. The topological polar surface area (TPSA) is 55.8 Å². The number of carboxylic acid groups (broad SMARTS) is 1. The summed E-state index contributed by atoms with van der Waals surface area (Å²) in [5.74, 6) is -0.196. The SMILES string of the molecule is CC(C)(CC(=O)O)c1ccc(OC2CCCOC2)c(Cl)c1. The maximum absolute atomic E-state index is 10.9. The lowest BCUT2D eigenvalue weighted by Gasteiger charge is -2.26. The van der Waals surface area contributed by atoms with E-state index in [0.29, 0.717) is 17.4 Å². The van der Waals surface area contributed by atoms with Crippen LogP contribution in [0.25, 0.3) is 0 Å². The monoisotopic (exact) mass is 312 g/mol. The fourth-order valence-corrected chi connectivity index (χ4v) is 2.71. The first kappa shape index (κ1) is 16.1. The summed E-state index contributed by atoms with van der Waals surface area (Å²) in [7, 11) is 0. The molecule has 1 unspecified atom stereocenters. The van der Waals surface area contributed by atoms with Gasteiger partial charge in [-0.25, -0.2) is 0 Å². The molecule has 21 heavy (non-hydrogen) atoms. The van der Waals surface area contributed by atoms with E-state index in [1.54, 1.807) is 6.07 Å². The van der Waals surface area contributed by atoms with Gasteiger partial charge in [0.2, 0.25) is 0 Å². The number of rotatable bonds is 5. The molecule has 0 aliphatic carbocycles. The third-order valence-corrected chi connectivity index (χ3v) is 4.01. The van der Waals surface area contributed by atoms with Gasteiger partial charge in [-0.15, -0.1) is 0 Å². The molecule has 1 aromatic carbocycles. The lowest BCUT2D eigenvalue weighted by atomic mass is 9.81. The summed E-state index contributed by atoms with van der Waals surface area (Å²) in [5.41, 5.74) is 0.421. The van der Waals surface area contributed by atoms with Crippen LogP contribution in [0.5, 0.6) is 5.75 Å². The molecule has 0 amide bonds. The van der Waals surface area contributed by atoms with Crippen LogP contribution in [-0.4, -0.2) is 30.4 Å². The van der Waals surface area contributed by atoms with Gasteiger partial charge >= 0.3 is 5.97 Å². The lowest BCUT2D eigenvalue weighted by Crippen LogP contribution is -2.28. The van der Waals surface area contributed by atoms with E-state index < -0.39 is 11.4 Å². The Kier molecular flexibility index (Phi) is 5.12. The Hall–Kier alpha value is -1.26. The minimum Gasteiger partial charge on any atom is -0.486 e. The molecule has 4 nitrogen and oxygen atoms in total. The summed E-state index contributed by atoms with van der Waals surface area (Å²) in [6, 6.07) is 5.49. The fourth-order valence-electron chi connectivity index (χ4n) is 2.48. The van der Waals surface area contributed by atoms with Gasteiger partial charge in [0.25, 0.3) is 0 Å². The zero-order valence-corrected chi connectivity index (χ0v) is 13.2. The van der Waals surface area contributed by atoms with Gasteiger partial charge in [0.1, 0.15) is 11.9 Å². The van der Waals surface area contributed by atoms with E-state index in [1.165, 1.54) is 0 Å². The highest BCUT2D eigenvalue weighted by Crippen LogP contribution is 2.34. The van der Waals surface area contributed by atoms with Crippen LogP contribution in [0.3, 0.4) is 0 Å². The van der Waals surface area contributed by atoms with Crippen molar-refractivity contribution >= 4 is 17.6 Å². The molecule has 5 heteroatoms. The minimum absolute atomic E-state index is 0.0362. The predicted octanol–water partition coefficient (Wildman–Crippen LogP) is 3.65. The summed E-state index contributed by atoms with van der Waals surface area (Å²) < 4.78 is 11.2. The summed E-state index contributed by atoms with van der Waals surface area (Å²) >= 11 is 6.28. The van der Waals surface area contributed by atoms with E-state index in [4.69, 9.17) is 26.2 Å². The Morgan fingerprint density at radius 2 is 2.29 bits per heavy atom. The summed E-state index contributed by atoms with van der Waals surface area (Å²) in [4.78, 5) is 10.9. The highest BCUT2D eigenvalue weighted by Gasteiger charge is 2.25. The Balaban J connectivity index is 2.11. The lowest BCUT2D eigenvalue weighted by molar-refractivity contribution is -0.138. The molecule has 1 aromatic rings. The van der Waals surface area contributed by atoms with Crippen LogP contribution >= 0.6 is 11.6 Å². The third kappa shape index (κ3) is 4.35. The van der Waals surface area contributed by atoms with Crippen LogP contribution in [0.2, 0.25) is 5.02 Å². The second-order valence-electron chi connectivity index (χ2n) is 6.06. The Labute approximate surface area is 130 Å². The van der Waals surface area contributed by atoms with Crippen LogP contribution in [0.4, 0.5) is 0 Å². The Morgan fingerprint density at radius 3 is 2.86 bits per heavy atom. The normalized spacial score (nSPS) is 19.3. The molecule has 1 aliphatic rings. The smallest absolute Gasteiger partial charge is 0.304 e. The molecule has 0 spiro atoms.